The van der Waals surface area contributed by atoms with E-state index in [2.05, 4.69) is 16.3 Å². The van der Waals surface area contributed by atoms with Gasteiger partial charge in [-0.05, 0) is 18.2 Å². The maximum absolute atomic E-state index is 13.1. The van der Waals surface area contributed by atoms with Crippen molar-refractivity contribution >= 4 is 0 Å². The Morgan fingerprint density at radius 1 is 1.33 bits per heavy atom. The molecule has 0 amide bonds. The molecule has 0 saturated heterocycles. The van der Waals surface area contributed by atoms with Gasteiger partial charge in [0.1, 0.15) is 18.5 Å². The van der Waals surface area contributed by atoms with Crippen LogP contribution in [0.5, 0.6) is 0 Å². The number of aromatic nitrogens is 3. The van der Waals surface area contributed by atoms with Crippen LogP contribution in [0.15, 0.2) is 30.9 Å². The molecule has 0 fully saturated rings. The number of benzene rings is 1. The molecule has 0 aliphatic carbocycles. The highest BCUT2D eigenvalue weighted by atomic mass is 19.1. The summed E-state index contributed by atoms with van der Waals surface area (Å²) in [6.07, 6.45) is 2.87. The fraction of sp³-hybridized carbons (Fsp3) is 0. The van der Waals surface area contributed by atoms with Crippen molar-refractivity contribution in [3.8, 4) is 5.69 Å². The van der Waals surface area contributed by atoms with Crippen LogP contribution >= 0.6 is 0 Å². The number of hydrogen-bond acceptors (Lipinski definition) is 2. The highest BCUT2D eigenvalue weighted by Crippen LogP contribution is 2.09. The van der Waals surface area contributed by atoms with Gasteiger partial charge in [0.2, 0.25) is 0 Å². The van der Waals surface area contributed by atoms with Gasteiger partial charge in [0.15, 0.2) is 0 Å². The van der Waals surface area contributed by atoms with Gasteiger partial charge >= 0.3 is 0 Å². The van der Waals surface area contributed by atoms with E-state index in [1.54, 1.807) is 6.07 Å². The molecule has 1 aromatic heterocycles. The van der Waals surface area contributed by atoms with E-state index in [0.717, 1.165) is 0 Å². The minimum absolute atomic E-state index is 0.312. The first-order valence-electron chi connectivity index (χ1n) is 3.38. The van der Waals surface area contributed by atoms with Crippen LogP contribution in [-0.2, 0) is 0 Å². The molecule has 2 aromatic rings. The summed E-state index contributed by atoms with van der Waals surface area (Å²) in [5.41, 5.74) is 0.405. The Morgan fingerprint density at radius 3 is 2.75 bits per heavy atom. The molecule has 3 nitrogen and oxygen atoms in total. The average Bonchev–Trinajstić information content (AvgIpc) is 2.57. The van der Waals surface area contributed by atoms with Crippen LogP contribution in [0.1, 0.15) is 0 Å². The maximum Gasteiger partial charge on any atom is 0.147 e. The van der Waals surface area contributed by atoms with Crippen molar-refractivity contribution in [2.45, 2.75) is 0 Å². The Hall–Kier alpha value is -1.71. The topological polar surface area (TPSA) is 30.7 Å². The molecule has 0 spiro atoms. The van der Waals surface area contributed by atoms with E-state index >= 15 is 0 Å². The first-order valence-corrected chi connectivity index (χ1v) is 3.38. The fourth-order valence-electron chi connectivity index (χ4n) is 0.926. The summed E-state index contributed by atoms with van der Waals surface area (Å²) in [4.78, 5) is 0. The van der Waals surface area contributed by atoms with Gasteiger partial charge in [-0.15, -0.1) is 10.2 Å². The Labute approximate surface area is 68.5 Å². The monoisotopic (exact) mass is 162 g/mol. The summed E-state index contributed by atoms with van der Waals surface area (Å²) < 4.78 is 14.5. The zero-order chi connectivity index (χ0) is 8.39. The lowest BCUT2D eigenvalue weighted by Crippen LogP contribution is -1.93. The van der Waals surface area contributed by atoms with Crippen molar-refractivity contribution in [3.63, 3.8) is 0 Å². The molecule has 0 unspecified atom stereocenters. The third kappa shape index (κ3) is 1.07. The Kier molecular flexibility index (Phi) is 1.59. The van der Waals surface area contributed by atoms with E-state index in [-0.39, 0.29) is 5.82 Å². The molecule has 1 aromatic carbocycles. The lowest BCUT2D eigenvalue weighted by atomic mass is 10.3. The molecule has 0 saturated carbocycles. The molecular weight excluding hydrogens is 157 g/mol. The zero-order valence-electron chi connectivity index (χ0n) is 6.11. The molecule has 12 heavy (non-hydrogen) atoms. The van der Waals surface area contributed by atoms with E-state index in [1.807, 2.05) is 0 Å². The van der Waals surface area contributed by atoms with Crippen LogP contribution in [0.3, 0.4) is 0 Å². The number of nitrogens with zero attached hydrogens (tertiary/aromatic N) is 3. The van der Waals surface area contributed by atoms with Gasteiger partial charge in [-0.1, -0.05) is 6.07 Å². The van der Waals surface area contributed by atoms with Gasteiger partial charge < -0.3 is 0 Å². The van der Waals surface area contributed by atoms with E-state index in [0.29, 0.717) is 5.69 Å². The SMILES string of the molecule is Fc1cc[c]cc1-n1cnnc1. The van der Waals surface area contributed by atoms with E-state index < -0.39 is 0 Å². The van der Waals surface area contributed by atoms with Gasteiger partial charge in [0, 0.05) is 0 Å². The predicted molar refractivity (Wildman–Crippen MR) is 40.2 cm³/mol. The number of rotatable bonds is 1. The minimum Gasteiger partial charge on any atom is -0.285 e. The Morgan fingerprint density at radius 2 is 2.08 bits per heavy atom. The van der Waals surface area contributed by atoms with Gasteiger partial charge in [0.25, 0.3) is 0 Å². The van der Waals surface area contributed by atoms with Gasteiger partial charge in [-0.2, -0.15) is 0 Å². The van der Waals surface area contributed by atoms with Crippen molar-refractivity contribution in [1.82, 2.24) is 14.8 Å². The van der Waals surface area contributed by atoms with E-state index in [1.165, 1.54) is 29.4 Å². The molecule has 0 bridgehead atoms. The summed E-state index contributed by atoms with van der Waals surface area (Å²) in [7, 11) is 0. The summed E-state index contributed by atoms with van der Waals surface area (Å²) in [5.74, 6) is -0.312. The molecule has 1 heterocycles. The van der Waals surface area contributed by atoms with Crippen LogP contribution in [0.2, 0.25) is 0 Å². The average molecular weight is 162 g/mol. The first-order chi connectivity index (χ1) is 5.88. The van der Waals surface area contributed by atoms with Crippen LogP contribution in [0.4, 0.5) is 4.39 Å². The quantitative estimate of drug-likeness (QED) is 0.630. The zero-order valence-corrected chi connectivity index (χ0v) is 6.11. The highest BCUT2D eigenvalue weighted by Gasteiger charge is 2.01. The lowest BCUT2D eigenvalue weighted by Gasteiger charge is -2.00. The minimum atomic E-state index is -0.312. The van der Waals surface area contributed by atoms with Crippen molar-refractivity contribution in [1.29, 1.82) is 0 Å². The summed E-state index contributed by atoms with van der Waals surface area (Å²) in [6.45, 7) is 0. The highest BCUT2D eigenvalue weighted by molar-refractivity contribution is 5.31. The third-order valence-electron chi connectivity index (χ3n) is 1.49. The van der Waals surface area contributed by atoms with Crippen LogP contribution in [0.25, 0.3) is 5.69 Å². The Balaban J connectivity index is 2.55. The summed E-state index contributed by atoms with van der Waals surface area (Å²) >= 11 is 0. The molecule has 0 aliphatic heterocycles. The molecular formula is C8H5FN3. The first kappa shape index (κ1) is 6.97. The molecule has 59 valence electrons. The molecule has 0 atom stereocenters. The smallest absolute Gasteiger partial charge is 0.147 e. The van der Waals surface area contributed by atoms with Gasteiger partial charge in [-0.25, -0.2) is 4.39 Å². The largest absolute Gasteiger partial charge is 0.285 e. The number of hydrogen-bond donors (Lipinski definition) is 0. The molecule has 2 rings (SSSR count). The summed E-state index contributed by atoms with van der Waals surface area (Å²) in [6, 6.07) is 7.17. The Bertz CT molecular complexity index is 370. The molecule has 0 aliphatic rings. The lowest BCUT2D eigenvalue weighted by molar-refractivity contribution is 0.618. The van der Waals surface area contributed by atoms with Gasteiger partial charge in [0.05, 0.1) is 5.69 Å². The van der Waals surface area contributed by atoms with Crippen molar-refractivity contribution in [2.24, 2.45) is 0 Å². The van der Waals surface area contributed by atoms with Crippen molar-refractivity contribution in [2.75, 3.05) is 0 Å². The van der Waals surface area contributed by atoms with Crippen LogP contribution < -0.4 is 0 Å². The predicted octanol–water partition coefficient (Wildman–Crippen LogP) is 1.21. The maximum atomic E-state index is 13.1. The molecule has 1 radical (unpaired) electrons. The van der Waals surface area contributed by atoms with Crippen molar-refractivity contribution < 1.29 is 4.39 Å². The van der Waals surface area contributed by atoms with Crippen LogP contribution in [0, 0.1) is 11.9 Å². The fourth-order valence-corrected chi connectivity index (χ4v) is 0.926. The van der Waals surface area contributed by atoms with E-state index in [9.17, 15) is 4.39 Å². The third-order valence-corrected chi connectivity index (χ3v) is 1.49. The molecule has 4 heteroatoms. The second-order valence-corrected chi connectivity index (χ2v) is 2.25. The van der Waals surface area contributed by atoms with Crippen LogP contribution in [-0.4, -0.2) is 14.8 Å². The second-order valence-electron chi connectivity index (χ2n) is 2.25. The normalized spacial score (nSPS) is 10.1. The summed E-state index contributed by atoms with van der Waals surface area (Å²) in [5, 5.41) is 7.14. The van der Waals surface area contributed by atoms with Gasteiger partial charge in [-0.3, -0.25) is 4.57 Å². The standard InChI is InChI=1S/C8H5FN3/c9-7-3-1-2-4-8(7)12-5-10-11-6-12/h1,3-6H. The number of halogens is 1. The second kappa shape index (κ2) is 2.73. The van der Waals surface area contributed by atoms with E-state index in [4.69, 9.17) is 0 Å². The molecule has 0 N–H and O–H groups in total. The van der Waals surface area contributed by atoms with Crippen molar-refractivity contribution in [3.05, 3.63) is 42.7 Å².